The number of rotatable bonds is 7. The van der Waals surface area contributed by atoms with E-state index in [1.54, 1.807) is 0 Å². The average Bonchev–Trinajstić information content (AvgIpc) is 2.98. The number of aryl methyl sites for hydroxylation is 1. The molecule has 2 aromatic heterocycles. The highest BCUT2D eigenvalue weighted by molar-refractivity contribution is 9.09. The first kappa shape index (κ1) is 13.3. The summed E-state index contributed by atoms with van der Waals surface area (Å²) in [5.74, 6) is 0. The smallest absolute Gasteiger partial charge is 0.0474 e. The number of alkyl halides is 1. The Labute approximate surface area is 120 Å². The van der Waals surface area contributed by atoms with Crippen molar-refractivity contribution in [3.63, 3.8) is 0 Å². The molecule has 92 valence electrons. The normalized spacial score (nSPS) is 10.9. The third-order valence-corrected chi connectivity index (χ3v) is 5.39. The van der Waals surface area contributed by atoms with Crippen LogP contribution < -0.4 is 0 Å². The van der Waals surface area contributed by atoms with Crippen molar-refractivity contribution in [1.29, 1.82) is 0 Å². The molecule has 0 nitrogen and oxygen atoms in total. The maximum Gasteiger partial charge on any atom is 0.0474 e. The van der Waals surface area contributed by atoms with Crippen LogP contribution in [0.3, 0.4) is 0 Å². The van der Waals surface area contributed by atoms with E-state index >= 15 is 0 Å². The van der Waals surface area contributed by atoms with E-state index in [-0.39, 0.29) is 0 Å². The Kier molecular flexibility index (Phi) is 5.75. The van der Waals surface area contributed by atoms with Gasteiger partial charge in [0.2, 0.25) is 0 Å². The first-order valence-corrected chi connectivity index (χ1v) is 8.96. The molecular formula is C14H17BrS2. The van der Waals surface area contributed by atoms with Gasteiger partial charge in [-0.05, 0) is 47.7 Å². The van der Waals surface area contributed by atoms with Gasteiger partial charge in [0.05, 0.1) is 0 Å². The van der Waals surface area contributed by atoms with Gasteiger partial charge in [-0.15, -0.1) is 22.7 Å². The van der Waals surface area contributed by atoms with Crippen LogP contribution in [0.2, 0.25) is 0 Å². The van der Waals surface area contributed by atoms with Crippen molar-refractivity contribution in [2.75, 3.05) is 5.33 Å². The Balaban J connectivity index is 1.87. The maximum atomic E-state index is 3.48. The Morgan fingerprint density at radius 2 is 1.82 bits per heavy atom. The van der Waals surface area contributed by atoms with Crippen molar-refractivity contribution >= 4 is 38.6 Å². The number of thiophene rings is 2. The van der Waals surface area contributed by atoms with Gasteiger partial charge in [-0.3, -0.25) is 0 Å². The molecule has 3 heteroatoms. The monoisotopic (exact) mass is 328 g/mol. The van der Waals surface area contributed by atoms with Crippen LogP contribution in [0.4, 0.5) is 0 Å². The summed E-state index contributed by atoms with van der Waals surface area (Å²) in [5.41, 5.74) is 1.54. The van der Waals surface area contributed by atoms with Gasteiger partial charge in [0.15, 0.2) is 0 Å². The fourth-order valence-corrected chi connectivity index (χ4v) is 4.18. The molecule has 0 aromatic carbocycles. The van der Waals surface area contributed by atoms with E-state index in [9.17, 15) is 0 Å². The van der Waals surface area contributed by atoms with Crippen LogP contribution in [-0.4, -0.2) is 5.33 Å². The first-order valence-electron chi connectivity index (χ1n) is 6.08. The molecule has 0 unspecified atom stereocenters. The molecule has 0 amide bonds. The maximum absolute atomic E-state index is 3.48. The van der Waals surface area contributed by atoms with Crippen molar-refractivity contribution in [1.82, 2.24) is 0 Å². The molecular weight excluding hydrogens is 312 g/mol. The predicted molar refractivity (Wildman–Crippen MR) is 83.6 cm³/mol. The lowest BCUT2D eigenvalue weighted by atomic mass is 10.1. The molecule has 17 heavy (non-hydrogen) atoms. The summed E-state index contributed by atoms with van der Waals surface area (Å²) in [7, 11) is 0. The molecule has 0 saturated carbocycles. The molecule has 0 aliphatic rings. The molecule has 0 aliphatic carbocycles. The van der Waals surface area contributed by atoms with Crippen LogP contribution in [0, 0.1) is 0 Å². The number of halogens is 1. The summed E-state index contributed by atoms with van der Waals surface area (Å²) in [5, 5.41) is 5.53. The van der Waals surface area contributed by atoms with Gasteiger partial charge < -0.3 is 0 Å². The minimum Gasteiger partial charge on any atom is -0.143 e. The molecule has 0 fully saturated rings. The summed E-state index contributed by atoms with van der Waals surface area (Å²) in [4.78, 5) is 2.91. The number of hydrogen-bond donors (Lipinski definition) is 0. The lowest BCUT2D eigenvalue weighted by molar-refractivity contribution is 0.673. The second-order valence-electron chi connectivity index (χ2n) is 4.11. The van der Waals surface area contributed by atoms with Crippen LogP contribution >= 0.6 is 38.6 Å². The highest BCUT2D eigenvalue weighted by atomic mass is 79.9. The van der Waals surface area contributed by atoms with Crippen LogP contribution in [-0.2, 0) is 6.42 Å². The molecule has 0 saturated heterocycles. The summed E-state index contributed by atoms with van der Waals surface area (Å²) in [6.45, 7) is 0. The lowest BCUT2D eigenvalue weighted by Crippen LogP contribution is -1.86. The van der Waals surface area contributed by atoms with Gasteiger partial charge in [-0.1, -0.05) is 34.8 Å². The van der Waals surface area contributed by atoms with Crippen molar-refractivity contribution < 1.29 is 0 Å². The highest BCUT2D eigenvalue weighted by Crippen LogP contribution is 2.33. The second-order valence-corrected chi connectivity index (χ2v) is 6.76. The molecule has 2 heterocycles. The highest BCUT2D eigenvalue weighted by Gasteiger charge is 2.07. The minimum atomic E-state index is 1.14. The van der Waals surface area contributed by atoms with Gasteiger partial charge in [-0.2, -0.15) is 0 Å². The van der Waals surface area contributed by atoms with Crippen molar-refractivity contribution in [2.24, 2.45) is 0 Å². The summed E-state index contributed by atoms with van der Waals surface area (Å²) >= 11 is 7.21. The van der Waals surface area contributed by atoms with E-state index in [1.807, 2.05) is 22.7 Å². The van der Waals surface area contributed by atoms with Crippen molar-refractivity contribution in [3.8, 4) is 9.75 Å². The zero-order valence-electron chi connectivity index (χ0n) is 9.82. The van der Waals surface area contributed by atoms with E-state index in [0.717, 1.165) is 5.33 Å². The van der Waals surface area contributed by atoms with Gasteiger partial charge >= 0.3 is 0 Å². The zero-order chi connectivity index (χ0) is 11.9. The molecule has 0 radical (unpaired) electrons. The van der Waals surface area contributed by atoms with E-state index in [1.165, 1.54) is 47.4 Å². The number of unbranched alkanes of at least 4 members (excludes halogenated alkanes) is 3. The number of hydrogen-bond acceptors (Lipinski definition) is 2. The minimum absolute atomic E-state index is 1.14. The third-order valence-electron chi connectivity index (χ3n) is 2.82. The Hall–Kier alpha value is -0.120. The van der Waals surface area contributed by atoms with Gasteiger partial charge in [0.25, 0.3) is 0 Å². The summed E-state index contributed by atoms with van der Waals surface area (Å²) in [6.07, 6.45) is 6.57. The Morgan fingerprint density at radius 1 is 0.941 bits per heavy atom. The van der Waals surface area contributed by atoms with Gasteiger partial charge in [0, 0.05) is 15.1 Å². The van der Waals surface area contributed by atoms with E-state index in [4.69, 9.17) is 0 Å². The second kappa shape index (κ2) is 7.34. The fourth-order valence-electron chi connectivity index (χ4n) is 1.92. The zero-order valence-corrected chi connectivity index (χ0v) is 13.0. The van der Waals surface area contributed by atoms with Crippen molar-refractivity contribution in [3.05, 3.63) is 34.5 Å². The fraction of sp³-hybridized carbons (Fsp3) is 0.429. The SMILES string of the molecule is BrCCCCCCc1ccsc1-c1cccs1. The largest absolute Gasteiger partial charge is 0.143 e. The first-order chi connectivity index (χ1) is 8.42. The van der Waals surface area contributed by atoms with Gasteiger partial charge in [-0.25, -0.2) is 0 Å². The molecule has 2 aromatic rings. The molecule has 0 atom stereocenters. The van der Waals surface area contributed by atoms with Crippen LogP contribution in [0.1, 0.15) is 31.2 Å². The quantitative estimate of drug-likeness (QED) is 0.433. The topological polar surface area (TPSA) is 0 Å². The molecule has 0 aliphatic heterocycles. The van der Waals surface area contributed by atoms with E-state index < -0.39 is 0 Å². The van der Waals surface area contributed by atoms with Crippen LogP contribution in [0.15, 0.2) is 29.0 Å². The van der Waals surface area contributed by atoms with Crippen LogP contribution in [0.25, 0.3) is 9.75 Å². The van der Waals surface area contributed by atoms with E-state index in [2.05, 4.69) is 44.9 Å². The van der Waals surface area contributed by atoms with Crippen LogP contribution in [0.5, 0.6) is 0 Å². The summed E-state index contributed by atoms with van der Waals surface area (Å²) < 4.78 is 0. The molecule has 0 N–H and O–H groups in total. The summed E-state index contributed by atoms with van der Waals surface area (Å²) in [6, 6.07) is 6.66. The predicted octanol–water partition coefficient (Wildman–Crippen LogP) is 5.97. The van der Waals surface area contributed by atoms with Crippen molar-refractivity contribution in [2.45, 2.75) is 32.1 Å². The molecule has 0 bridgehead atoms. The lowest BCUT2D eigenvalue weighted by Gasteiger charge is -2.02. The Bertz CT molecular complexity index is 417. The third kappa shape index (κ3) is 3.94. The molecule has 2 rings (SSSR count). The van der Waals surface area contributed by atoms with Gasteiger partial charge in [0.1, 0.15) is 0 Å². The van der Waals surface area contributed by atoms with E-state index in [0.29, 0.717) is 0 Å². The average molecular weight is 329 g/mol. The standard InChI is InChI=1S/C14H17BrS2/c15-9-4-2-1-3-6-12-8-11-17-14(12)13-7-5-10-16-13/h5,7-8,10-11H,1-4,6,9H2. The Morgan fingerprint density at radius 3 is 2.59 bits per heavy atom. The molecule has 0 spiro atoms.